The van der Waals surface area contributed by atoms with E-state index in [1.54, 1.807) is 4.90 Å². The number of hydrogen-bond acceptors (Lipinski definition) is 3. The zero-order chi connectivity index (χ0) is 12.3. The number of nitrogens with one attached hydrogen (secondary N) is 1. The second kappa shape index (κ2) is 5.83. The fourth-order valence-corrected chi connectivity index (χ4v) is 2.84. The van der Waals surface area contributed by atoms with Crippen LogP contribution in [-0.2, 0) is 4.79 Å². The maximum Gasteiger partial charge on any atom is 0.236 e. The lowest BCUT2D eigenvalue weighted by Gasteiger charge is -2.34. The van der Waals surface area contributed by atoms with Crippen molar-refractivity contribution in [2.75, 3.05) is 20.1 Å². The summed E-state index contributed by atoms with van der Waals surface area (Å²) in [6, 6.07) is 0.554. The van der Waals surface area contributed by atoms with Gasteiger partial charge in [0.2, 0.25) is 5.91 Å². The second-order valence-electron chi connectivity index (χ2n) is 5.63. The first kappa shape index (κ1) is 12.8. The molecule has 0 aromatic rings. The van der Waals surface area contributed by atoms with Crippen LogP contribution in [0.1, 0.15) is 38.5 Å². The quantitative estimate of drug-likeness (QED) is 0.745. The van der Waals surface area contributed by atoms with Gasteiger partial charge in [0.15, 0.2) is 0 Å². The van der Waals surface area contributed by atoms with Crippen LogP contribution in [0.25, 0.3) is 0 Å². The van der Waals surface area contributed by atoms with Crippen molar-refractivity contribution in [3.8, 4) is 0 Å². The van der Waals surface area contributed by atoms with Crippen LogP contribution >= 0.6 is 0 Å². The molecule has 4 nitrogen and oxygen atoms in total. The lowest BCUT2D eigenvalue weighted by molar-refractivity contribution is -0.130. The Kier molecular flexibility index (Phi) is 4.40. The second-order valence-corrected chi connectivity index (χ2v) is 5.63. The number of likely N-dealkylation sites (N-methyl/N-ethyl adjacent to an activating group) is 1. The molecular formula is C13H24N2O2. The Hall–Kier alpha value is -0.610. The first-order valence-corrected chi connectivity index (χ1v) is 6.80. The van der Waals surface area contributed by atoms with E-state index >= 15 is 0 Å². The van der Waals surface area contributed by atoms with Crippen LogP contribution in [0.2, 0.25) is 0 Å². The smallest absolute Gasteiger partial charge is 0.236 e. The molecule has 0 spiro atoms. The van der Waals surface area contributed by atoms with Gasteiger partial charge in [0, 0.05) is 19.6 Å². The molecule has 2 rings (SSSR count). The average Bonchev–Trinajstić information content (AvgIpc) is 2.76. The first-order valence-electron chi connectivity index (χ1n) is 6.80. The Balaban J connectivity index is 1.61. The van der Waals surface area contributed by atoms with Crippen LogP contribution in [0.4, 0.5) is 0 Å². The van der Waals surface area contributed by atoms with Gasteiger partial charge in [-0.2, -0.15) is 0 Å². The van der Waals surface area contributed by atoms with Gasteiger partial charge in [0.05, 0.1) is 12.6 Å². The molecule has 0 bridgehead atoms. The summed E-state index contributed by atoms with van der Waals surface area (Å²) in [5.74, 6) is 0.684. The lowest BCUT2D eigenvalue weighted by Crippen LogP contribution is -2.43. The van der Waals surface area contributed by atoms with Crippen molar-refractivity contribution in [2.45, 2.75) is 50.7 Å². The SMILES string of the molecule is CN(CC1CC(O)C1)C(=O)CNC1CCCC1. The molecule has 1 amide bonds. The highest BCUT2D eigenvalue weighted by molar-refractivity contribution is 5.78. The third-order valence-corrected chi connectivity index (χ3v) is 4.07. The molecule has 98 valence electrons. The van der Waals surface area contributed by atoms with Crippen molar-refractivity contribution in [2.24, 2.45) is 5.92 Å². The van der Waals surface area contributed by atoms with E-state index in [1.807, 2.05) is 7.05 Å². The van der Waals surface area contributed by atoms with Crippen molar-refractivity contribution in [3.05, 3.63) is 0 Å². The summed E-state index contributed by atoms with van der Waals surface area (Å²) in [6.07, 6.45) is 6.60. The van der Waals surface area contributed by atoms with Gasteiger partial charge in [-0.3, -0.25) is 4.79 Å². The van der Waals surface area contributed by atoms with Gasteiger partial charge in [-0.1, -0.05) is 12.8 Å². The zero-order valence-electron chi connectivity index (χ0n) is 10.7. The van der Waals surface area contributed by atoms with Crippen LogP contribution < -0.4 is 5.32 Å². The summed E-state index contributed by atoms with van der Waals surface area (Å²) in [4.78, 5) is 13.7. The molecule has 2 N–H and O–H groups in total. The van der Waals surface area contributed by atoms with Crippen LogP contribution in [-0.4, -0.2) is 48.2 Å². The number of nitrogens with zero attached hydrogens (tertiary/aromatic N) is 1. The van der Waals surface area contributed by atoms with E-state index in [1.165, 1.54) is 25.7 Å². The maximum absolute atomic E-state index is 11.9. The van der Waals surface area contributed by atoms with Gasteiger partial charge < -0.3 is 15.3 Å². The first-order chi connectivity index (χ1) is 8.15. The molecule has 0 aliphatic heterocycles. The van der Waals surface area contributed by atoms with E-state index in [9.17, 15) is 9.90 Å². The Morgan fingerprint density at radius 2 is 2.00 bits per heavy atom. The minimum absolute atomic E-state index is 0.125. The Morgan fingerprint density at radius 1 is 1.35 bits per heavy atom. The van der Waals surface area contributed by atoms with E-state index in [0.717, 1.165) is 19.4 Å². The number of carbonyl (C=O) groups is 1. The standard InChI is InChI=1S/C13H24N2O2/c1-15(9-10-6-12(16)7-10)13(17)8-14-11-4-2-3-5-11/h10-12,14,16H,2-9H2,1H3. The van der Waals surface area contributed by atoms with Gasteiger partial charge in [0.1, 0.15) is 0 Å². The topological polar surface area (TPSA) is 52.6 Å². The van der Waals surface area contributed by atoms with Crippen LogP contribution in [0.5, 0.6) is 0 Å². The minimum atomic E-state index is -0.125. The van der Waals surface area contributed by atoms with E-state index in [4.69, 9.17) is 0 Å². The summed E-state index contributed by atoms with van der Waals surface area (Å²) in [6.45, 7) is 1.26. The minimum Gasteiger partial charge on any atom is -0.393 e. The molecular weight excluding hydrogens is 216 g/mol. The average molecular weight is 240 g/mol. The molecule has 17 heavy (non-hydrogen) atoms. The third kappa shape index (κ3) is 3.68. The fraction of sp³-hybridized carbons (Fsp3) is 0.923. The van der Waals surface area contributed by atoms with Crippen molar-refractivity contribution >= 4 is 5.91 Å². The molecule has 0 atom stereocenters. The predicted octanol–water partition coefficient (Wildman–Crippen LogP) is 0.748. The Bertz CT molecular complexity index is 258. The molecule has 0 heterocycles. The Morgan fingerprint density at radius 3 is 2.59 bits per heavy atom. The summed E-state index contributed by atoms with van der Waals surface area (Å²) >= 11 is 0. The molecule has 4 heteroatoms. The highest BCUT2D eigenvalue weighted by Gasteiger charge is 2.29. The Labute approximate surface area is 103 Å². The number of carbonyl (C=O) groups excluding carboxylic acids is 1. The van der Waals surface area contributed by atoms with Crippen LogP contribution in [0.15, 0.2) is 0 Å². The summed E-state index contributed by atoms with van der Waals surface area (Å²) < 4.78 is 0. The third-order valence-electron chi connectivity index (χ3n) is 4.07. The van der Waals surface area contributed by atoms with Gasteiger partial charge in [-0.05, 0) is 31.6 Å². The molecule has 2 fully saturated rings. The van der Waals surface area contributed by atoms with Crippen molar-refractivity contribution in [1.82, 2.24) is 10.2 Å². The van der Waals surface area contributed by atoms with E-state index in [2.05, 4.69) is 5.32 Å². The fourth-order valence-electron chi connectivity index (χ4n) is 2.84. The molecule has 0 aromatic heterocycles. The largest absolute Gasteiger partial charge is 0.393 e. The molecule has 0 saturated heterocycles. The highest BCUT2D eigenvalue weighted by Crippen LogP contribution is 2.27. The van der Waals surface area contributed by atoms with Crippen molar-refractivity contribution < 1.29 is 9.90 Å². The van der Waals surface area contributed by atoms with E-state index in [0.29, 0.717) is 18.5 Å². The molecule has 2 saturated carbocycles. The number of hydrogen-bond donors (Lipinski definition) is 2. The summed E-state index contributed by atoms with van der Waals surface area (Å²) in [7, 11) is 1.86. The zero-order valence-corrected chi connectivity index (χ0v) is 10.7. The summed E-state index contributed by atoms with van der Waals surface area (Å²) in [5, 5.41) is 12.5. The van der Waals surface area contributed by atoms with Crippen molar-refractivity contribution in [3.63, 3.8) is 0 Å². The summed E-state index contributed by atoms with van der Waals surface area (Å²) in [5.41, 5.74) is 0. The monoisotopic (exact) mass is 240 g/mol. The predicted molar refractivity (Wildman–Crippen MR) is 66.6 cm³/mol. The normalized spacial score (nSPS) is 29.1. The maximum atomic E-state index is 11.9. The van der Waals surface area contributed by atoms with Crippen LogP contribution in [0.3, 0.4) is 0 Å². The molecule has 0 aromatic carbocycles. The molecule has 0 unspecified atom stereocenters. The van der Waals surface area contributed by atoms with Crippen molar-refractivity contribution in [1.29, 1.82) is 0 Å². The number of amides is 1. The molecule has 0 radical (unpaired) electrons. The van der Waals surface area contributed by atoms with Gasteiger partial charge >= 0.3 is 0 Å². The van der Waals surface area contributed by atoms with Gasteiger partial charge in [0.25, 0.3) is 0 Å². The van der Waals surface area contributed by atoms with Gasteiger partial charge in [-0.25, -0.2) is 0 Å². The molecule has 2 aliphatic carbocycles. The van der Waals surface area contributed by atoms with Crippen LogP contribution in [0, 0.1) is 5.92 Å². The van der Waals surface area contributed by atoms with E-state index < -0.39 is 0 Å². The highest BCUT2D eigenvalue weighted by atomic mass is 16.3. The number of aliphatic hydroxyl groups is 1. The van der Waals surface area contributed by atoms with Gasteiger partial charge in [-0.15, -0.1) is 0 Å². The van der Waals surface area contributed by atoms with E-state index in [-0.39, 0.29) is 12.0 Å². The number of rotatable bonds is 5. The lowest BCUT2D eigenvalue weighted by atomic mass is 9.82. The molecule has 2 aliphatic rings. The number of aliphatic hydroxyl groups excluding tert-OH is 1.